The number of amides is 1. The number of morpholine rings is 1. The van der Waals surface area contributed by atoms with Gasteiger partial charge in [0.05, 0.1) is 60.3 Å². The Hall–Kier alpha value is -2.39. The van der Waals surface area contributed by atoms with Gasteiger partial charge in [-0.3, -0.25) is 4.79 Å². The molecule has 1 aliphatic heterocycles. The van der Waals surface area contributed by atoms with Crippen molar-refractivity contribution in [2.45, 2.75) is 12.5 Å². The molecule has 0 radical (unpaired) electrons. The third-order valence-electron chi connectivity index (χ3n) is 4.44. The summed E-state index contributed by atoms with van der Waals surface area (Å²) in [5, 5.41) is 19.5. The van der Waals surface area contributed by atoms with Crippen molar-refractivity contribution in [2.75, 3.05) is 36.5 Å². The fourth-order valence-corrected chi connectivity index (χ4v) is 3.55. The minimum Gasteiger partial charge on any atom is -0.394 e. The normalized spacial score (nSPS) is 17.3. The highest BCUT2D eigenvalue weighted by Crippen LogP contribution is 2.27. The first-order chi connectivity index (χ1) is 14.0. The van der Waals surface area contributed by atoms with Crippen molar-refractivity contribution >= 4 is 45.9 Å². The maximum absolute atomic E-state index is 13.1. The summed E-state index contributed by atoms with van der Waals surface area (Å²) < 4.78 is 34.3. The molecule has 4 rings (SSSR count). The summed E-state index contributed by atoms with van der Waals surface area (Å²) in [6, 6.07) is 1.75. The molecule has 1 unspecified atom stereocenters. The van der Waals surface area contributed by atoms with Crippen LogP contribution < -0.4 is 10.2 Å². The number of nitrogens with zero attached hydrogens (tertiary/aromatic N) is 6. The summed E-state index contributed by atoms with van der Waals surface area (Å²) in [6.45, 7) is 1.39. The van der Waals surface area contributed by atoms with Crippen molar-refractivity contribution in [3.63, 3.8) is 0 Å². The molecular weight excluding hydrogens is 503 g/mol. The van der Waals surface area contributed by atoms with Gasteiger partial charge in [-0.05, 0) is 6.07 Å². The Morgan fingerprint density at radius 2 is 2.31 bits per heavy atom. The third kappa shape index (κ3) is 4.02. The predicted octanol–water partition coefficient (Wildman–Crippen LogP) is 1.51. The van der Waals surface area contributed by atoms with Crippen molar-refractivity contribution in [3.8, 4) is 0 Å². The number of anilines is 2. The van der Waals surface area contributed by atoms with Gasteiger partial charge in [-0.2, -0.15) is 10.2 Å². The van der Waals surface area contributed by atoms with E-state index in [0.29, 0.717) is 25.5 Å². The van der Waals surface area contributed by atoms with Gasteiger partial charge in [-0.15, -0.1) is 0 Å². The van der Waals surface area contributed by atoms with E-state index in [-0.39, 0.29) is 29.6 Å². The van der Waals surface area contributed by atoms with Gasteiger partial charge in [0.2, 0.25) is 0 Å². The number of aliphatic hydroxyl groups excluding tert-OH is 1. The summed E-state index contributed by atoms with van der Waals surface area (Å²) >= 11 is 1.73. The van der Waals surface area contributed by atoms with Crippen LogP contribution in [-0.2, 0) is 4.74 Å². The fourth-order valence-electron chi connectivity index (χ4n) is 3.04. The monoisotopic (exact) mass is 519 g/mol. The van der Waals surface area contributed by atoms with E-state index in [2.05, 4.69) is 20.5 Å². The standard InChI is InChI=1S/C16H16F2IN7O3/c17-14(18)13-11(7-26(19)23-13)21-16(28)10-5-20-25-2-1-12(22-15(10)25)24-3-4-29-9(6-24)8-27/h1-2,5,7,9,14,27H,3-4,6,8H2,(H,21,28). The van der Waals surface area contributed by atoms with Crippen LogP contribution in [-0.4, -0.2) is 66.0 Å². The lowest BCUT2D eigenvalue weighted by atomic mass is 10.2. The van der Waals surface area contributed by atoms with Crippen LogP contribution in [0.4, 0.5) is 20.3 Å². The second-order valence-corrected chi connectivity index (χ2v) is 7.29. The predicted molar refractivity (Wildman–Crippen MR) is 107 cm³/mol. The van der Waals surface area contributed by atoms with Gasteiger partial charge in [-0.1, -0.05) is 0 Å². The minimum atomic E-state index is -2.82. The van der Waals surface area contributed by atoms with Gasteiger partial charge in [0, 0.05) is 19.3 Å². The Bertz CT molecular complexity index is 1040. The summed E-state index contributed by atoms with van der Waals surface area (Å²) in [5.41, 5.74) is -0.164. The molecule has 0 bridgehead atoms. The van der Waals surface area contributed by atoms with Crippen LogP contribution in [0.3, 0.4) is 0 Å². The summed E-state index contributed by atoms with van der Waals surface area (Å²) in [4.78, 5) is 19.2. The van der Waals surface area contributed by atoms with E-state index in [0.717, 1.165) is 0 Å². The van der Waals surface area contributed by atoms with Gasteiger partial charge in [0.15, 0.2) is 11.3 Å². The van der Waals surface area contributed by atoms with Crippen molar-refractivity contribution in [3.05, 3.63) is 35.9 Å². The maximum atomic E-state index is 13.1. The molecule has 3 aromatic rings. The molecule has 1 saturated heterocycles. The molecule has 1 atom stereocenters. The summed E-state index contributed by atoms with van der Waals surface area (Å²) in [7, 11) is 0. The quantitative estimate of drug-likeness (QED) is 0.492. The molecule has 1 fully saturated rings. The smallest absolute Gasteiger partial charge is 0.284 e. The Kier molecular flexibility index (Phi) is 5.60. The first-order valence-electron chi connectivity index (χ1n) is 8.63. The lowest BCUT2D eigenvalue weighted by Crippen LogP contribution is -2.44. The number of rotatable bonds is 5. The Morgan fingerprint density at radius 1 is 1.48 bits per heavy atom. The number of halogens is 3. The Labute approximate surface area is 176 Å². The largest absolute Gasteiger partial charge is 0.394 e. The zero-order chi connectivity index (χ0) is 20.5. The molecule has 2 N–H and O–H groups in total. The lowest BCUT2D eigenvalue weighted by molar-refractivity contribution is 0.00337. The number of nitrogens with one attached hydrogen (secondary N) is 1. The molecule has 4 heterocycles. The van der Waals surface area contributed by atoms with Gasteiger partial charge < -0.3 is 20.1 Å². The van der Waals surface area contributed by atoms with Gasteiger partial charge in [-0.25, -0.2) is 21.2 Å². The second kappa shape index (κ2) is 8.16. The van der Waals surface area contributed by atoms with Crippen LogP contribution in [0.25, 0.3) is 5.65 Å². The van der Waals surface area contributed by atoms with Crippen LogP contribution in [0.1, 0.15) is 22.5 Å². The molecule has 10 nitrogen and oxygen atoms in total. The van der Waals surface area contributed by atoms with Crippen LogP contribution in [0, 0.1) is 0 Å². The number of ether oxygens (including phenoxy) is 1. The number of fused-ring (bicyclic) bond motifs is 1. The van der Waals surface area contributed by atoms with Crippen molar-refractivity contribution in [1.82, 2.24) is 22.6 Å². The molecular formula is C16H16F2IN7O3. The Morgan fingerprint density at radius 3 is 3.07 bits per heavy atom. The van der Waals surface area contributed by atoms with E-state index < -0.39 is 18.0 Å². The Balaban J connectivity index is 1.62. The molecule has 154 valence electrons. The highest BCUT2D eigenvalue weighted by molar-refractivity contribution is 14.1. The fraction of sp³-hybridized carbons (Fsp3) is 0.375. The molecule has 0 aromatic carbocycles. The van der Waals surface area contributed by atoms with Crippen molar-refractivity contribution in [2.24, 2.45) is 0 Å². The first kappa shape index (κ1) is 19.9. The maximum Gasteiger partial charge on any atom is 0.284 e. The molecule has 1 aliphatic rings. The second-order valence-electron chi connectivity index (χ2n) is 6.31. The summed E-state index contributed by atoms with van der Waals surface area (Å²) in [5.74, 6) is -0.0201. The van der Waals surface area contributed by atoms with Gasteiger partial charge in [0.1, 0.15) is 11.4 Å². The van der Waals surface area contributed by atoms with Crippen molar-refractivity contribution < 1.29 is 23.4 Å². The lowest BCUT2D eigenvalue weighted by Gasteiger charge is -2.32. The highest BCUT2D eigenvalue weighted by Gasteiger charge is 2.24. The number of carbonyl (C=O) groups is 1. The van der Waals surface area contributed by atoms with Crippen LogP contribution in [0.2, 0.25) is 0 Å². The average Bonchev–Trinajstić information content (AvgIpc) is 3.30. The molecule has 29 heavy (non-hydrogen) atoms. The summed E-state index contributed by atoms with van der Waals surface area (Å²) in [6.07, 6.45) is 1.15. The van der Waals surface area contributed by atoms with Crippen LogP contribution in [0.15, 0.2) is 24.7 Å². The van der Waals surface area contributed by atoms with Crippen LogP contribution in [0.5, 0.6) is 0 Å². The number of hydrogen-bond acceptors (Lipinski definition) is 7. The zero-order valence-electron chi connectivity index (χ0n) is 14.9. The molecule has 13 heteroatoms. The zero-order valence-corrected chi connectivity index (χ0v) is 17.0. The average molecular weight is 519 g/mol. The van der Waals surface area contributed by atoms with E-state index >= 15 is 0 Å². The number of hydrogen-bond donors (Lipinski definition) is 2. The number of aliphatic hydroxyl groups is 1. The number of alkyl halides is 2. The molecule has 1 amide bonds. The van der Waals surface area contributed by atoms with E-state index in [9.17, 15) is 18.7 Å². The van der Waals surface area contributed by atoms with E-state index in [1.165, 1.54) is 19.8 Å². The highest BCUT2D eigenvalue weighted by atomic mass is 127. The molecule has 0 aliphatic carbocycles. The van der Waals surface area contributed by atoms with Crippen molar-refractivity contribution in [1.29, 1.82) is 0 Å². The molecule has 0 saturated carbocycles. The molecule has 3 aromatic heterocycles. The first-order valence-corrected chi connectivity index (χ1v) is 9.59. The topological polar surface area (TPSA) is 110 Å². The van der Waals surface area contributed by atoms with Gasteiger partial charge in [0.25, 0.3) is 12.3 Å². The number of carbonyl (C=O) groups excluding carboxylic acids is 1. The van der Waals surface area contributed by atoms with E-state index in [1.54, 1.807) is 35.1 Å². The van der Waals surface area contributed by atoms with Crippen LogP contribution >= 0.6 is 22.9 Å². The molecule has 0 spiro atoms. The SMILES string of the molecule is O=C(Nc1cn(I)nc1C(F)F)c1cnn2ccc(N3CCOC(CO)C3)nc12. The number of aromatic nitrogens is 5. The van der Waals surface area contributed by atoms with Gasteiger partial charge >= 0.3 is 0 Å². The van der Waals surface area contributed by atoms with E-state index in [4.69, 9.17) is 4.74 Å². The van der Waals surface area contributed by atoms with E-state index in [1.807, 2.05) is 4.90 Å². The minimum absolute atomic E-state index is 0.0751. The third-order valence-corrected chi connectivity index (χ3v) is 4.93.